The second kappa shape index (κ2) is 7.34. The van der Waals surface area contributed by atoms with Gasteiger partial charge < -0.3 is 15.0 Å². The molecule has 0 spiro atoms. The van der Waals surface area contributed by atoms with Crippen LogP contribution in [0.3, 0.4) is 0 Å². The fourth-order valence-electron chi connectivity index (χ4n) is 2.71. The molecule has 1 aliphatic rings. The standard InChI is InChI=1S/C17H27N3O/c1-13-7-9-20(10-8-13)17(18-3)19-12-15-6-5-14(2)16(11-15)21-4/h5-6,11,13H,7-10,12H2,1-4H3,(H,18,19). The number of hydrogen-bond acceptors (Lipinski definition) is 2. The summed E-state index contributed by atoms with van der Waals surface area (Å²) in [7, 11) is 3.57. The number of hydrogen-bond donors (Lipinski definition) is 1. The van der Waals surface area contributed by atoms with Crippen molar-refractivity contribution in [2.24, 2.45) is 10.9 Å². The van der Waals surface area contributed by atoms with Crippen LogP contribution in [-0.4, -0.2) is 38.1 Å². The molecule has 0 atom stereocenters. The lowest BCUT2D eigenvalue weighted by molar-refractivity contribution is 0.273. The molecule has 4 heteroatoms. The number of piperidine rings is 1. The van der Waals surface area contributed by atoms with Gasteiger partial charge in [-0.3, -0.25) is 4.99 Å². The number of methoxy groups -OCH3 is 1. The van der Waals surface area contributed by atoms with E-state index in [0.29, 0.717) is 0 Å². The second-order valence-corrected chi connectivity index (χ2v) is 5.87. The lowest BCUT2D eigenvalue weighted by atomic mass is 9.99. The van der Waals surface area contributed by atoms with E-state index in [0.717, 1.165) is 42.8 Å². The molecule has 1 heterocycles. The van der Waals surface area contributed by atoms with Crippen LogP contribution in [0.25, 0.3) is 0 Å². The zero-order valence-corrected chi connectivity index (χ0v) is 13.6. The molecule has 0 bridgehead atoms. The fraction of sp³-hybridized carbons (Fsp3) is 0.588. The lowest BCUT2D eigenvalue weighted by Gasteiger charge is -2.33. The largest absolute Gasteiger partial charge is 0.496 e. The molecule has 2 rings (SSSR count). The molecule has 0 aromatic heterocycles. The van der Waals surface area contributed by atoms with Crippen LogP contribution in [0.5, 0.6) is 5.75 Å². The first-order valence-electron chi connectivity index (χ1n) is 7.73. The Balaban J connectivity index is 1.94. The summed E-state index contributed by atoms with van der Waals surface area (Å²) in [4.78, 5) is 6.76. The molecule has 116 valence electrons. The van der Waals surface area contributed by atoms with E-state index in [-0.39, 0.29) is 0 Å². The van der Waals surface area contributed by atoms with Gasteiger partial charge in [0, 0.05) is 26.7 Å². The predicted octanol–water partition coefficient (Wildman–Crippen LogP) is 2.81. The molecule has 1 aromatic carbocycles. The Morgan fingerprint density at radius 2 is 2.10 bits per heavy atom. The van der Waals surface area contributed by atoms with Gasteiger partial charge in [0.25, 0.3) is 0 Å². The minimum Gasteiger partial charge on any atom is -0.496 e. The summed E-state index contributed by atoms with van der Waals surface area (Å²) in [5, 5.41) is 3.46. The number of ether oxygens (including phenoxy) is 1. The van der Waals surface area contributed by atoms with E-state index in [4.69, 9.17) is 4.74 Å². The van der Waals surface area contributed by atoms with Crippen LogP contribution in [0.15, 0.2) is 23.2 Å². The summed E-state index contributed by atoms with van der Waals surface area (Å²) in [6, 6.07) is 6.32. The first kappa shape index (κ1) is 15.7. The van der Waals surface area contributed by atoms with Gasteiger partial charge in [-0.1, -0.05) is 19.1 Å². The van der Waals surface area contributed by atoms with E-state index >= 15 is 0 Å². The minimum atomic E-state index is 0.773. The van der Waals surface area contributed by atoms with Crippen LogP contribution in [0.4, 0.5) is 0 Å². The van der Waals surface area contributed by atoms with E-state index in [2.05, 4.69) is 47.3 Å². The highest BCUT2D eigenvalue weighted by molar-refractivity contribution is 5.79. The van der Waals surface area contributed by atoms with Crippen molar-refractivity contribution in [3.63, 3.8) is 0 Å². The summed E-state index contributed by atoms with van der Waals surface area (Å²) >= 11 is 0. The molecular weight excluding hydrogens is 262 g/mol. The van der Waals surface area contributed by atoms with Crippen molar-refractivity contribution in [1.29, 1.82) is 0 Å². The minimum absolute atomic E-state index is 0.773. The van der Waals surface area contributed by atoms with Gasteiger partial charge in [-0.25, -0.2) is 0 Å². The Labute approximate surface area is 128 Å². The van der Waals surface area contributed by atoms with Crippen LogP contribution in [0, 0.1) is 12.8 Å². The molecule has 1 fully saturated rings. The average molecular weight is 289 g/mol. The number of nitrogens with zero attached hydrogens (tertiary/aromatic N) is 2. The van der Waals surface area contributed by atoms with Gasteiger partial charge in [-0.05, 0) is 42.9 Å². The second-order valence-electron chi connectivity index (χ2n) is 5.87. The summed E-state index contributed by atoms with van der Waals surface area (Å²) in [6.45, 7) is 7.35. The first-order valence-corrected chi connectivity index (χ1v) is 7.73. The Bertz CT molecular complexity index is 491. The first-order chi connectivity index (χ1) is 10.1. The molecule has 0 amide bonds. The van der Waals surface area contributed by atoms with Gasteiger partial charge in [0.05, 0.1) is 7.11 Å². The van der Waals surface area contributed by atoms with Gasteiger partial charge in [0.1, 0.15) is 5.75 Å². The quantitative estimate of drug-likeness (QED) is 0.687. The number of guanidine groups is 1. The maximum absolute atomic E-state index is 5.38. The van der Waals surface area contributed by atoms with E-state index in [9.17, 15) is 0 Å². The highest BCUT2D eigenvalue weighted by Crippen LogP contribution is 2.19. The summed E-state index contributed by atoms with van der Waals surface area (Å²) in [5.74, 6) is 2.78. The number of rotatable bonds is 3. The number of likely N-dealkylation sites (tertiary alicyclic amines) is 1. The molecule has 1 N–H and O–H groups in total. The van der Waals surface area contributed by atoms with Crippen molar-refractivity contribution in [1.82, 2.24) is 10.2 Å². The number of nitrogens with one attached hydrogen (secondary N) is 1. The van der Waals surface area contributed by atoms with Crippen LogP contribution in [0.2, 0.25) is 0 Å². The van der Waals surface area contributed by atoms with E-state index in [1.807, 2.05) is 7.05 Å². The number of aliphatic imine (C=N–C) groups is 1. The van der Waals surface area contributed by atoms with Gasteiger partial charge in [-0.15, -0.1) is 0 Å². The molecule has 0 radical (unpaired) electrons. The SMILES string of the molecule is CN=C(NCc1ccc(C)c(OC)c1)N1CCC(C)CC1. The maximum atomic E-state index is 5.38. The monoisotopic (exact) mass is 289 g/mol. The zero-order valence-electron chi connectivity index (χ0n) is 13.6. The van der Waals surface area contributed by atoms with Crippen molar-refractivity contribution < 1.29 is 4.74 Å². The van der Waals surface area contributed by atoms with Crippen LogP contribution < -0.4 is 10.1 Å². The molecule has 0 saturated carbocycles. The summed E-state index contributed by atoms with van der Waals surface area (Å²) in [5.41, 5.74) is 2.37. The molecular formula is C17H27N3O. The maximum Gasteiger partial charge on any atom is 0.193 e. The average Bonchev–Trinajstić information content (AvgIpc) is 2.51. The van der Waals surface area contributed by atoms with E-state index < -0.39 is 0 Å². The fourth-order valence-corrected chi connectivity index (χ4v) is 2.71. The van der Waals surface area contributed by atoms with Gasteiger partial charge in [0.15, 0.2) is 5.96 Å². The third-order valence-corrected chi connectivity index (χ3v) is 4.22. The van der Waals surface area contributed by atoms with Crippen molar-refractivity contribution in [3.05, 3.63) is 29.3 Å². The van der Waals surface area contributed by atoms with E-state index in [1.165, 1.54) is 18.4 Å². The highest BCUT2D eigenvalue weighted by Gasteiger charge is 2.18. The molecule has 4 nitrogen and oxygen atoms in total. The summed E-state index contributed by atoms with van der Waals surface area (Å²) in [6.07, 6.45) is 2.50. The van der Waals surface area contributed by atoms with Crippen molar-refractivity contribution in [3.8, 4) is 5.75 Å². The van der Waals surface area contributed by atoms with Gasteiger partial charge in [0.2, 0.25) is 0 Å². The number of benzene rings is 1. The Morgan fingerprint density at radius 3 is 2.71 bits per heavy atom. The number of aryl methyl sites for hydroxylation is 1. The van der Waals surface area contributed by atoms with Crippen molar-refractivity contribution in [2.45, 2.75) is 33.2 Å². The molecule has 0 unspecified atom stereocenters. The van der Waals surface area contributed by atoms with Gasteiger partial charge in [-0.2, -0.15) is 0 Å². The molecule has 21 heavy (non-hydrogen) atoms. The van der Waals surface area contributed by atoms with Gasteiger partial charge >= 0.3 is 0 Å². The Hall–Kier alpha value is -1.71. The Kier molecular flexibility index (Phi) is 5.48. The Morgan fingerprint density at radius 1 is 1.38 bits per heavy atom. The molecule has 1 aliphatic heterocycles. The highest BCUT2D eigenvalue weighted by atomic mass is 16.5. The normalized spacial score (nSPS) is 17.0. The molecule has 1 saturated heterocycles. The topological polar surface area (TPSA) is 36.9 Å². The summed E-state index contributed by atoms with van der Waals surface area (Å²) < 4.78 is 5.38. The van der Waals surface area contributed by atoms with E-state index in [1.54, 1.807) is 7.11 Å². The van der Waals surface area contributed by atoms with Crippen LogP contribution in [-0.2, 0) is 6.54 Å². The van der Waals surface area contributed by atoms with Crippen molar-refractivity contribution >= 4 is 5.96 Å². The molecule has 1 aromatic rings. The van der Waals surface area contributed by atoms with Crippen LogP contribution in [0.1, 0.15) is 30.9 Å². The molecule has 0 aliphatic carbocycles. The predicted molar refractivity (Wildman–Crippen MR) is 87.9 cm³/mol. The van der Waals surface area contributed by atoms with Crippen molar-refractivity contribution in [2.75, 3.05) is 27.2 Å². The zero-order chi connectivity index (χ0) is 15.2. The third kappa shape index (κ3) is 4.13. The lowest BCUT2D eigenvalue weighted by Crippen LogP contribution is -2.45. The van der Waals surface area contributed by atoms with Crippen LogP contribution >= 0.6 is 0 Å². The third-order valence-electron chi connectivity index (χ3n) is 4.22. The smallest absolute Gasteiger partial charge is 0.193 e.